The number of anilines is 1. The van der Waals surface area contributed by atoms with E-state index in [4.69, 9.17) is 9.47 Å². The number of nitrogens with zero attached hydrogens (tertiary/aromatic N) is 1. The highest BCUT2D eigenvalue weighted by molar-refractivity contribution is 6.01. The van der Waals surface area contributed by atoms with E-state index in [2.05, 4.69) is 31.2 Å². The van der Waals surface area contributed by atoms with Gasteiger partial charge in [-0.15, -0.1) is 0 Å². The standard InChI is InChI=1S/C23H30N2O3/c1-5-16-28-21-12-8-19(17-22(21)27-4)9-13-23(26)24-20-10-6-18(7-11-20)14-15-25(2)3/h6-13,17H,5,14-16H2,1-4H3,(H,24,26)/b13-9+. The van der Waals surface area contributed by atoms with Gasteiger partial charge in [-0.2, -0.15) is 0 Å². The number of amides is 1. The molecule has 28 heavy (non-hydrogen) atoms. The molecule has 1 N–H and O–H groups in total. The highest BCUT2D eigenvalue weighted by Crippen LogP contribution is 2.28. The van der Waals surface area contributed by atoms with Crippen molar-refractivity contribution in [2.45, 2.75) is 19.8 Å². The molecule has 0 fully saturated rings. The van der Waals surface area contributed by atoms with Gasteiger partial charge in [0.05, 0.1) is 13.7 Å². The number of ether oxygens (including phenoxy) is 2. The Hall–Kier alpha value is -2.79. The van der Waals surface area contributed by atoms with Gasteiger partial charge in [0.15, 0.2) is 11.5 Å². The van der Waals surface area contributed by atoms with Crippen LogP contribution in [0.25, 0.3) is 6.08 Å². The van der Waals surface area contributed by atoms with Gasteiger partial charge in [0.1, 0.15) is 0 Å². The van der Waals surface area contributed by atoms with E-state index in [-0.39, 0.29) is 5.91 Å². The van der Waals surface area contributed by atoms with Crippen LogP contribution in [-0.4, -0.2) is 45.2 Å². The van der Waals surface area contributed by atoms with E-state index in [1.165, 1.54) is 11.6 Å². The Bertz CT molecular complexity index is 783. The van der Waals surface area contributed by atoms with Gasteiger partial charge in [-0.1, -0.05) is 25.1 Å². The van der Waals surface area contributed by atoms with Crippen LogP contribution in [0.15, 0.2) is 48.5 Å². The molecule has 0 spiro atoms. The first-order valence-corrected chi connectivity index (χ1v) is 9.55. The number of nitrogens with one attached hydrogen (secondary N) is 1. The number of methoxy groups -OCH3 is 1. The van der Waals surface area contributed by atoms with Crippen LogP contribution >= 0.6 is 0 Å². The van der Waals surface area contributed by atoms with Crippen LogP contribution in [0.2, 0.25) is 0 Å². The van der Waals surface area contributed by atoms with Crippen molar-refractivity contribution >= 4 is 17.7 Å². The lowest BCUT2D eigenvalue weighted by molar-refractivity contribution is -0.111. The van der Waals surface area contributed by atoms with Crippen LogP contribution < -0.4 is 14.8 Å². The number of likely N-dealkylation sites (N-methyl/N-ethyl adjacent to an activating group) is 1. The Labute approximate surface area is 168 Å². The van der Waals surface area contributed by atoms with Crippen molar-refractivity contribution in [3.8, 4) is 11.5 Å². The summed E-state index contributed by atoms with van der Waals surface area (Å²) in [5, 5.41) is 2.88. The average Bonchev–Trinajstić information content (AvgIpc) is 2.70. The minimum Gasteiger partial charge on any atom is -0.493 e. The number of carbonyl (C=O) groups excluding carboxylic acids is 1. The quantitative estimate of drug-likeness (QED) is 0.625. The lowest BCUT2D eigenvalue weighted by Crippen LogP contribution is -2.15. The molecule has 5 nitrogen and oxygen atoms in total. The van der Waals surface area contributed by atoms with Crippen LogP contribution in [0, 0.1) is 0 Å². The van der Waals surface area contributed by atoms with Gasteiger partial charge in [0.25, 0.3) is 0 Å². The van der Waals surface area contributed by atoms with E-state index in [9.17, 15) is 4.79 Å². The second kappa shape index (κ2) is 11.1. The summed E-state index contributed by atoms with van der Waals surface area (Å²) in [4.78, 5) is 14.3. The van der Waals surface area contributed by atoms with E-state index in [0.717, 1.165) is 30.6 Å². The Kier molecular flexibility index (Phi) is 8.56. The highest BCUT2D eigenvalue weighted by atomic mass is 16.5. The van der Waals surface area contributed by atoms with Crippen LogP contribution in [0.3, 0.4) is 0 Å². The SMILES string of the molecule is CCCOc1ccc(/C=C/C(=O)Nc2ccc(CCN(C)C)cc2)cc1OC. The van der Waals surface area contributed by atoms with E-state index < -0.39 is 0 Å². The maximum absolute atomic E-state index is 12.2. The molecule has 0 aliphatic carbocycles. The fourth-order valence-corrected chi connectivity index (χ4v) is 2.58. The maximum Gasteiger partial charge on any atom is 0.248 e. The van der Waals surface area contributed by atoms with Crippen molar-refractivity contribution in [3.63, 3.8) is 0 Å². The zero-order chi connectivity index (χ0) is 20.4. The summed E-state index contributed by atoms with van der Waals surface area (Å²) >= 11 is 0. The molecule has 0 aromatic heterocycles. The predicted octanol–water partition coefficient (Wildman–Crippen LogP) is 4.24. The first-order valence-electron chi connectivity index (χ1n) is 9.55. The van der Waals surface area contributed by atoms with Crippen LogP contribution in [-0.2, 0) is 11.2 Å². The maximum atomic E-state index is 12.2. The summed E-state index contributed by atoms with van der Waals surface area (Å²) in [5.41, 5.74) is 2.90. The molecule has 0 saturated carbocycles. The molecule has 0 bridgehead atoms. The van der Waals surface area contributed by atoms with E-state index in [1.54, 1.807) is 13.2 Å². The molecular formula is C23H30N2O3. The molecule has 0 atom stereocenters. The summed E-state index contributed by atoms with van der Waals surface area (Å²) < 4.78 is 11.0. The van der Waals surface area contributed by atoms with Gasteiger partial charge in [-0.25, -0.2) is 0 Å². The second-order valence-electron chi connectivity index (χ2n) is 6.83. The molecule has 0 heterocycles. The molecule has 0 aliphatic heterocycles. The van der Waals surface area contributed by atoms with Crippen molar-refractivity contribution in [1.29, 1.82) is 0 Å². The third-order valence-electron chi connectivity index (χ3n) is 4.15. The number of carbonyl (C=O) groups is 1. The van der Waals surface area contributed by atoms with Gasteiger partial charge in [-0.05, 0) is 68.4 Å². The summed E-state index contributed by atoms with van der Waals surface area (Å²) in [6, 6.07) is 13.6. The lowest BCUT2D eigenvalue weighted by atomic mass is 10.1. The molecule has 1 amide bonds. The van der Waals surface area contributed by atoms with Gasteiger partial charge in [-0.3, -0.25) is 4.79 Å². The summed E-state index contributed by atoms with van der Waals surface area (Å²) in [7, 11) is 5.72. The van der Waals surface area contributed by atoms with Gasteiger partial charge >= 0.3 is 0 Å². The predicted molar refractivity (Wildman–Crippen MR) is 115 cm³/mol. The smallest absolute Gasteiger partial charge is 0.248 e. The fourth-order valence-electron chi connectivity index (χ4n) is 2.58. The molecule has 0 saturated heterocycles. The Morgan fingerprint density at radius 2 is 1.86 bits per heavy atom. The number of rotatable bonds is 10. The zero-order valence-electron chi connectivity index (χ0n) is 17.2. The molecule has 2 rings (SSSR count). The second-order valence-corrected chi connectivity index (χ2v) is 6.83. The van der Waals surface area contributed by atoms with Gasteiger partial charge in [0, 0.05) is 18.3 Å². The topological polar surface area (TPSA) is 50.8 Å². The van der Waals surface area contributed by atoms with Crippen molar-refractivity contribution in [1.82, 2.24) is 4.90 Å². The number of hydrogen-bond donors (Lipinski definition) is 1. The summed E-state index contributed by atoms with van der Waals surface area (Å²) in [6.45, 7) is 3.70. The van der Waals surface area contributed by atoms with Crippen LogP contribution in [0.1, 0.15) is 24.5 Å². The first kappa shape index (κ1) is 21.5. The number of benzene rings is 2. The zero-order valence-corrected chi connectivity index (χ0v) is 17.2. The van der Waals surface area contributed by atoms with Gasteiger partial charge in [0.2, 0.25) is 5.91 Å². The number of hydrogen-bond acceptors (Lipinski definition) is 4. The minimum absolute atomic E-state index is 0.175. The normalized spacial score (nSPS) is 11.0. The molecule has 0 aliphatic rings. The summed E-state index contributed by atoms with van der Waals surface area (Å²) in [6.07, 6.45) is 5.19. The first-order chi connectivity index (χ1) is 13.5. The molecule has 5 heteroatoms. The molecule has 0 radical (unpaired) electrons. The van der Waals surface area contributed by atoms with Crippen LogP contribution in [0.4, 0.5) is 5.69 Å². The lowest BCUT2D eigenvalue weighted by Gasteiger charge is -2.10. The molecule has 2 aromatic carbocycles. The van der Waals surface area contributed by atoms with Crippen molar-refractivity contribution in [2.75, 3.05) is 39.7 Å². The average molecular weight is 383 g/mol. The Morgan fingerprint density at radius 3 is 2.50 bits per heavy atom. The molecular weight excluding hydrogens is 352 g/mol. The van der Waals surface area contributed by atoms with Gasteiger partial charge < -0.3 is 19.7 Å². The third kappa shape index (κ3) is 7.08. The molecule has 0 unspecified atom stereocenters. The van der Waals surface area contributed by atoms with Crippen LogP contribution in [0.5, 0.6) is 11.5 Å². The van der Waals surface area contributed by atoms with E-state index >= 15 is 0 Å². The Balaban J connectivity index is 1.94. The highest BCUT2D eigenvalue weighted by Gasteiger charge is 2.05. The largest absolute Gasteiger partial charge is 0.493 e. The summed E-state index contributed by atoms with van der Waals surface area (Å²) in [5.74, 6) is 1.19. The molecule has 150 valence electrons. The van der Waals surface area contributed by atoms with Crippen molar-refractivity contribution in [3.05, 3.63) is 59.7 Å². The van der Waals surface area contributed by atoms with Crippen molar-refractivity contribution < 1.29 is 14.3 Å². The third-order valence-corrected chi connectivity index (χ3v) is 4.15. The monoisotopic (exact) mass is 382 g/mol. The minimum atomic E-state index is -0.175. The Morgan fingerprint density at radius 1 is 1.11 bits per heavy atom. The van der Waals surface area contributed by atoms with E-state index in [0.29, 0.717) is 18.1 Å². The molecule has 2 aromatic rings. The fraction of sp³-hybridized carbons (Fsp3) is 0.348. The van der Waals surface area contributed by atoms with E-state index in [1.807, 2.05) is 42.5 Å². The van der Waals surface area contributed by atoms with Crippen molar-refractivity contribution in [2.24, 2.45) is 0 Å².